The third kappa shape index (κ3) is 3.73. The van der Waals surface area contributed by atoms with Gasteiger partial charge in [-0.1, -0.05) is 0 Å². The molecule has 0 aromatic heterocycles. The SMILES string of the molecule is O[C@@H]1CCCN(C2CCN(c3ccc(N=C=S)cc3)CC2)C1. The van der Waals surface area contributed by atoms with Gasteiger partial charge >= 0.3 is 0 Å². The number of piperidine rings is 2. The summed E-state index contributed by atoms with van der Waals surface area (Å²) in [5, 5.41) is 12.2. The van der Waals surface area contributed by atoms with Crippen molar-refractivity contribution in [1.82, 2.24) is 4.90 Å². The number of isothiocyanates is 1. The smallest absolute Gasteiger partial charge is 0.0741 e. The van der Waals surface area contributed by atoms with E-state index in [0.29, 0.717) is 6.04 Å². The van der Waals surface area contributed by atoms with E-state index in [1.54, 1.807) is 0 Å². The van der Waals surface area contributed by atoms with Crippen molar-refractivity contribution in [1.29, 1.82) is 0 Å². The molecule has 3 rings (SSSR count). The molecule has 2 aliphatic rings. The molecule has 0 radical (unpaired) electrons. The highest BCUT2D eigenvalue weighted by atomic mass is 32.1. The maximum absolute atomic E-state index is 9.84. The van der Waals surface area contributed by atoms with Gasteiger partial charge in [0.1, 0.15) is 0 Å². The lowest BCUT2D eigenvalue weighted by atomic mass is 9.98. The fourth-order valence-corrected chi connectivity index (χ4v) is 3.70. The number of hydrogen-bond acceptors (Lipinski definition) is 5. The molecule has 22 heavy (non-hydrogen) atoms. The van der Waals surface area contributed by atoms with Crippen LogP contribution in [0.1, 0.15) is 25.7 Å². The maximum Gasteiger partial charge on any atom is 0.0741 e. The Hall–Kier alpha value is -1.26. The number of aliphatic imine (C=N–C) groups is 1. The number of nitrogens with zero attached hydrogens (tertiary/aromatic N) is 3. The summed E-state index contributed by atoms with van der Waals surface area (Å²) < 4.78 is 0. The second-order valence-electron chi connectivity index (χ2n) is 6.23. The molecule has 0 amide bonds. The zero-order chi connectivity index (χ0) is 15.4. The normalized spacial score (nSPS) is 24.0. The van der Waals surface area contributed by atoms with Gasteiger partial charge in [0.05, 0.1) is 17.0 Å². The second kappa shape index (κ2) is 7.34. The van der Waals surface area contributed by atoms with E-state index in [1.165, 1.54) is 18.5 Å². The molecule has 2 fully saturated rings. The van der Waals surface area contributed by atoms with Crippen molar-refractivity contribution in [3.05, 3.63) is 24.3 Å². The highest BCUT2D eigenvalue weighted by Crippen LogP contribution is 2.26. The summed E-state index contributed by atoms with van der Waals surface area (Å²) in [6, 6.07) is 8.82. The van der Waals surface area contributed by atoms with Crippen LogP contribution < -0.4 is 4.90 Å². The van der Waals surface area contributed by atoms with Crippen LogP contribution in [-0.2, 0) is 0 Å². The molecule has 1 aromatic carbocycles. The Morgan fingerprint density at radius 3 is 2.45 bits per heavy atom. The quantitative estimate of drug-likeness (QED) is 0.687. The first-order chi connectivity index (χ1) is 10.8. The molecule has 2 aliphatic heterocycles. The lowest BCUT2D eigenvalue weighted by molar-refractivity contribution is 0.0398. The van der Waals surface area contributed by atoms with Crippen molar-refractivity contribution in [2.24, 2.45) is 4.99 Å². The summed E-state index contributed by atoms with van der Waals surface area (Å²) in [7, 11) is 0. The van der Waals surface area contributed by atoms with Crippen LogP contribution in [0.3, 0.4) is 0 Å². The lowest BCUT2D eigenvalue weighted by Gasteiger charge is -2.42. The van der Waals surface area contributed by atoms with E-state index < -0.39 is 0 Å². The fraction of sp³-hybridized carbons (Fsp3) is 0.588. The molecule has 0 bridgehead atoms. The summed E-state index contributed by atoms with van der Waals surface area (Å²) in [5.74, 6) is 0. The number of benzene rings is 1. The van der Waals surface area contributed by atoms with Gasteiger partial charge in [-0.15, -0.1) is 0 Å². The molecule has 4 nitrogen and oxygen atoms in total. The van der Waals surface area contributed by atoms with Crippen LogP contribution in [0.15, 0.2) is 29.3 Å². The van der Waals surface area contributed by atoms with Crippen molar-refractivity contribution in [3.8, 4) is 0 Å². The van der Waals surface area contributed by atoms with Gasteiger partial charge in [-0.05, 0) is 68.7 Å². The molecule has 1 atom stereocenters. The number of hydrogen-bond donors (Lipinski definition) is 1. The summed E-state index contributed by atoms with van der Waals surface area (Å²) in [6.07, 6.45) is 4.31. The second-order valence-corrected chi connectivity index (χ2v) is 6.41. The summed E-state index contributed by atoms with van der Waals surface area (Å²) in [4.78, 5) is 8.91. The maximum atomic E-state index is 9.84. The standard InChI is InChI=1S/C17H23N3OS/c21-17-2-1-9-20(12-17)16-7-10-19(11-8-16)15-5-3-14(4-6-15)18-13-22/h3-6,16-17,21H,1-2,7-12H2/t17-/m1/s1. The molecular weight excluding hydrogens is 294 g/mol. The van der Waals surface area contributed by atoms with Gasteiger partial charge in [0.2, 0.25) is 0 Å². The number of thiocarbonyl (C=S) groups is 1. The Bertz CT molecular complexity index is 533. The van der Waals surface area contributed by atoms with Gasteiger partial charge in [-0.25, -0.2) is 0 Å². The Labute approximate surface area is 137 Å². The molecule has 1 aromatic rings. The molecular formula is C17H23N3OS. The van der Waals surface area contributed by atoms with Gasteiger partial charge in [0.15, 0.2) is 0 Å². The Morgan fingerprint density at radius 2 is 1.82 bits per heavy atom. The van der Waals surface area contributed by atoms with Gasteiger partial charge in [-0.3, -0.25) is 4.90 Å². The third-order valence-corrected chi connectivity index (χ3v) is 4.89. The first-order valence-electron chi connectivity index (χ1n) is 8.11. The van der Waals surface area contributed by atoms with Crippen LogP contribution in [0.4, 0.5) is 11.4 Å². The van der Waals surface area contributed by atoms with Gasteiger partial charge in [0.25, 0.3) is 0 Å². The summed E-state index contributed by atoms with van der Waals surface area (Å²) in [5.41, 5.74) is 2.11. The minimum Gasteiger partial charge on any atom is -0.392 e. The van der Waals surface area contributed by atoms with E-state index in [9.17, 15) is 5.11 Å². The average molecular weight is 317 g/mol. The zero-order valence-electron chi connectivity index (χ0n) is 12.8. The molecule has 118 valence electrons. The predicted molar refractivity (Wildman–Crippen MR) is 93.2 cm³/mol. The number of aliphatic hydroxyl groups is 1. The Kier molecular flexibility index (Phi) is 5.21. The monoisotopic (exact) mass is 317 g/mol. The molecule has 0 aliphatic carbocycles. The van der Waals surface area contributed by atoms with Crippen LogP contribution in [0, 0.1) is 0 Å². The van der Waals surface area contributed by atoms with Crippen LogP contribution in [-0.4, -0.2) is 53.5 Å². The number of anilines is 1. The highest BCUT2D eigenvalue weighted by molar-refractivity contribution is 7.78. The van der Waals surface area contributed by atoms with Crippen molar-refractivity contribution in [3.63, 3.8) is 0 Å². The molecule has 0 spiro atoms. The zero-order valence-corrected chi connectivity index (χ0v) is 13.6. The van der Waals surface area contributed by atoms with Gasteiger partial charge in [-0.2, -0.15) is 4.99 Å². The van der Waals surface area contributed by atoms with E-state index in [2.05, 4.69) is 44.3 Å². The highest BCUT2D eigenvalue weighted by Gasteiger charge is 2.28. The molecule has 0 saturated carbocycles. The van der Waals surface area contributed by atoms with Crippen molar-refractivity contribution in [2.75, 3.05) is 31.1 Å². The van der Waals surface area contributed by atoms with E-state index in [-0.39, 0.29) is 6.10 Å². The lowest BCUT2D eigenvalue weighted by Crippen LogP contribution is -2.49. The number of likely N-dealkylation sites (tertiary alicyclic amines) is 1. The number of rotatable bonds is 3. The summed E-state index contributed by atoms with van der Waals surface area (Å²) >= 11 is 4.63. The molecule has 2 heterocycles. The molecule has 2 saturated heterocycles. The minimum atomic E-state index is -0.124. The minimum absolute atomic E-state index is 0.124. The van der Waals surface area contributed by atoms with Gasteiger partial charge < -0.3 is 10.0 Å². The van der Waals surface area contributed by atoms with E-state index >= 15 is 0 Å². The molecule has 1 N–H and O–H groups in total. The summed E-state index contributed by atoms with van der Waals surface area (Å²) in [6.45, 7) is 4.15. The fourth-order valence-electron chi connectivity index (χ4n) is 3.59. The third-order valence-electron chi connectivity index (χ3n) is 4.80. The van der Waals surface area contributed by atoms with E-state index in [4.69, 9.17) is 0 Å². The molecule has 5 heteroatoms. The number of β-amino-alcohol motifs (C(OH)–C–C–N with tert-alkyl or cyclic N) is 1. The molecule has 0 unspecified atom stereocenters. The topological polar surface area (TPSA) is 39.1 Å². The van der Waals surface area contributed by atoms with Gasteiger partial charge in [0, 0.05) is 31.4 Å². The van der Waals surface area contributed by atoms with Crippen LogP contribution in [0.25, 0.3) is 0 Å². The first-order valence-corrected chi connectivity index (χ1v) is 8.52. The van der Waals surface area contributed by atoms with E-state index in [1.807, 2.05) is 12.1 Å². The Morgan fingerprint density at radius 1 is 1.09 bits per heavy atom. The number of aliphatic hydroxyl groups excluding tert-OH is 1. The van der Waals surface area contributed by atoms with Crippen molar-refractivity contribution >= 4 is 28.8 Å². The first kappa shape index (κ1) is 15.6. The largest absolute Gasteiger partial charge is 0.392 e. The van der Waals surface area contributed by atoms with Crippen LogP contribution in [0.2, 0.25) is 0 Å². The van der Waals surface area contributed by atoms with Crippen molar-refractivity contribution < 1.29 is 5.11 Å². The van der Waals surface area contributed by atoms with Crippen LogP contribution in [0.5, 0.6) is 0 Å². The average Bonchev–Trinajstić information content (AvgIpc) is 2.56. The Balaban J connectivity index is 1.55. The van der Waals surface area contributed by atoms with Crippen molar-refractivity contribution in [2.45, 2.75) is 37.8 Å². The van der Waals surface area contributed by atoms with E-state index in [0.717, 1.165) is 44.7 Å². The predicted octanol–water partition coefficient (Wildman–Crippen LogP) is 2.85. The van der Waals surface area contributed by atoms with Crippen LogP contribution >= 0.6 is 12.2 Å².